The minimum absolute atomic E-state index is 0.695. The summed E-state index contributed by atoms with van der Waals surface area (Å²) in [6.07, 6.45) is 0. The van der Waals surface area contributed by atoms with Gasteiger partial charge in [-0.1, -0.05) is 0 Å². The second-order valence-corrected chi connectivity index (χ2v) is 6.71. The maximum atomic E-state index is 2.40. The van der Waals surface area contributed by atoms with E-state index in [4.69, 9.17) is 0 Å². The number of hydrogen-bond acceptors (Lipinski definition) is 0. The Morgan fingerprint density at radius 2 is 2.00 bits per heavy atom. The van der Waals surface area contributed by atoms with Crippen molar-refractivity contribution in [2.24, 2.45) is 0 Å². The topological polar surface area (TPSA) is 0 Å². The Kier molecular flexibility index (Phi) is 1.70. The minimum atomic E-state index is 0.695. The fraction of sp³-hybridized carbons (Fsp3) is 0. The molecular formula is C8H8SiSn. The third kappa shape index (κ3) is 0.973. The Morgan fingerprint density at radius 3 is 2.80 bits per heavy atom. The quantitative estimate of drug-likeness (QED) is 0.555. The van der Waals surface area contributed by atoms with E-state index in [-0.39, 0.29) is 0 Å². The van der Waals surface area contributed by atoms with Gasteiger partial charge < -0.3 is 0 Å². The third-order valence-corrected chi connectivity index (χ3v) is 7.13. The molecule has 1 aliphatic rings. The van der Waals surface area contributed by atoms with Gasteiger partial charge in [0, 0.05) is 0 Å². The van der Waals surface area contributed by atoms with Gasteiger partial charge in [0.05, 0.1) is 0 Å². The third-order valence-electron chi connectivity index (χ3n) is 1.80. The van der Waals surface area contributed by atoms with Gasteiger partial charge in [-0.2, -0.15) is 0 Å². The molecule has 48 valence electrons. The van der Waals surface area contributed by atoms with E-state index in [1.165, 1.54) is 5.56 Å². The average Bonchev–Trinajstić information content (AvgIpc) is 2.34. The Hall–Kier alpha value is -0.0244. The van der Waals surface area contributed by atoms with Crippen LogP contribution in [0, 0.1) is 0 Å². The molecule has 2 heteroatoms. The first-order valence-corrected chi connectivity index (χ1v) is 7.34. The number of rotatable bonds is 0. The van der Waals surface area contributed by atoms with Gasteiger partial charge in [0.15, 0.2) is 0 Å². The Bertz CT molecular complexity index is 291. The first-order chi connectivity index (χ1) is 4.88. The van der Waals surface area contributed by atoms with Crippen molar-refractivity contribution in [1.82, 2.24) is 0 Å². The van der Waals surface area contributed by atoms with Gasteiger partial charge in [0.1, 0.15) is 0 Å². The zero-order valence-corrected chi connectivity index (χ0v) is 12.6. The fourth-order valence-corrected chi connectivity index (χ4v) is 5.57. The molecule has 0 N–H and O–H groups in total. The molecule has 0 aromatic heterocycles. The molecule has 1 aliphatic heterocycles. The average molecular weight is 251 g/mol. The predicted molar refractivity (Wildman–Crippen MR) is 49.7 cm³/mol. The van der Waals surface area contributed by atoms with Crippen LogP contribution < -0.4 is 5.19 Å². The van der Waals surface area contributed by atoms with Crippen molar-refractivity contribution in [2.45, 2.75) is 0 Å². The van der Waals surface area contributed by atoms with Crippen LogP contribution in [-0.2, 0) is 0 Å². The number of benzene rings is 1. The van der Waals surface area contributed by atoms with Crippen molar-refractivity contribution >= 4 is 40.8 Å². The Morgan fingerprint density at radius 1 is 1.20 bits per heavy atom. The molecule has 1 heterocycles. The van der Waals surface area contributed by atoms with Crippen molar-refractivity contribution in [1.29, 1.82) is 0 Å². The summed E-state index contributed by atoms with van der Waals surface area (Å²) in [7, 11) is 0.951. The Balaban J connectivity index is 2.61. The number of hydrogen-bond donors (Lipinski definition) is 0. The van der Waals surface area contributed by atoms with Crippen molar-refractivity contribution in [3.05, 3.63) is 35.5 Å². The molecule has 2 rings (SSSR count). The van der Waals surface area contributed by atoms with Gasteiger partial charge >= 0.3 is 76.3 Å². The second-order valence-electron chi connectivity index (χ2n) is 2.52. The summed E-state index contributed by atoms with van der Waals surface area (Å²) in [5, 5.41) is 1.55. The first kappa shape index (κ1) is 6.67. The molecule has 0 amide bonds. The van der Waals surface area contributed by atoms with Gasteiger partial charge in [0.25, 0.3) is 0 Å². The molecule has 1 aromatic carbocycles. The normalized spacial score (nSPS) is 15.0. The van der Waals surface area contributed by atoms with E-state index < -0.39 is 0 Å². The van der Waals surface area contributed by atoms with Gasteiger partial charge in [-0.3, -0.25) is 0 Å². The van der Waals surface area contributed by atoms with Crippen LogP contribution >= 0.6 is 0 Å². The zero-order valence-electron chi connectivity index (χ0n) is 5.89. The number of fused-ring (bicyclic) bond motifs is 1. The predicted octanol–water partition coefficient (Wildman–Crippen LogP) is -0.306. The fourth-order valence-electron chi connectivity index (χ4n) is 1.22. The van der Waals surface area contributed by atoms with Crippen LogP contribution in [0.3, 0.4) is 0 Å². The van der Waals surface area contributed by atoms with E-state index in [0.717, 1.165) is 9.52 Å². The summed E-state index contributed by atoms with van der Waals surface area (Å²) < 4.78 is 1.65. The molecule has 0 nitrogen and oxygen atoms in total. The van der Waals surface area contributed by atoms with Crippen molar-refractivity contribution < 1.29 is 0 Å². The van der Waals surface area contributed by atoms with Crippen LogP contribution in [0.25, 0.3) is 3.59 Å². The molecule has 0 fully saturated rings. The molecule has 2 radical (unpaired) electrons. The molecule has 0 atom stereocenters. The molecular weight excluding hydrogens is 243 g/mol. The summed E-state index contributed by atoms with van der Waals surface area (Å²) in [5.74, 6) is 0. The van der Waals surface area contributed by atoms with E-state index in [1.54, 1.807) is 8.78 Å². The molecule has 0 aliphatic carbocycles. The molecule has 10 heavy (non-hydrogen) atoms. The SMILES string of the molecule is [SnH3][C]1=C[Si]c2ccccc21. The monoisotopic (exact) mass is 252 g/mol. The van der Waals surface area contributed by atoms with Gasteiger partial charge in [-0.25, -0.2) is 0 Å². The summed E-state index contributed by atoms with van der Waals surface area (Å²) in [6, 6.07) is 8.76. The van der Waals surface area contributed by atoms with Crippen LogP contribution in [-0.4, -0.2) is 32.0 Å². The van der Waals surface area contributed by atoms with Crippen LogP contribution in [0.15, 0.2) is 30.0 Å². The van der Waals surface area contributed by atoms with Crippen LogP contribution in [0.2, 0.25) is 0 Å². The van der Waals surface area contributed by atoms with E-state index in [1.807, 2.05) is 0 Å². The van der Waals surface area contributed by atoms with E-state index in [9.17, 15) is 0 Å². The van der Waals surface area contributed by atoms with Crippen LogP contribution in [0.5, 0.6) is 0 Å². The molecule has 0 saturated carbocycles. The van der Waals surface area contributed by atoms with E-state index in [0.29, 0.717) is 22.5 Å². The van der Waals surface area contributed by atoms with Gasteiger partial charge in [0.2, 0.25) is 0 Å². The van der Waals surface area contributed by atoms with Crippen molar-refractivity contribution in [2.75, 3.05) is 0 Å². The first-order valence-electron chi connectivity index (χ1n) is 3.40. The van der Waals surface area contributed by atoms with Crippen molar-refractivity contribution in [3.8, 4) is 0 Å². The second kappa shape index (κ2) is 2.55. The van der Waals surface area contributed by atoms with E-state index in [2.05, 4.69) is 30.0 Å². The summed E-state index contributed by atoms with van der Waals surface area (Å²) in [5.41, 5.74) is 3.94. The van der Waals surface area contributed by atoms with Crippen molar-refractivity contribution in [3.63, 3.8) is 0 Å². The summed E-state index contributed by atoms with van der Waals surface area (Å²) in [6.45, 7) is 0. The Labute approximate surface area is 76.2 Å². The standard InChI is InChI=1S/C8H5Si.Sn.3H/c1-2-4-8-7(3-1)5-6-9-8;;;;/h1-4,6H;;;;. The molecule has 1 aromatic rings. The van der Waals surface area contributed by atoms with Gasteiger partial charge in [-0.05, 0) is 0 Å². The molecule has 0 unspecified atom stereocenters. The van der Waals surface area contributed by atoms with Gasteiger partial charge in [-0.15, -0.1) is 0 Å². The molecule has 0 spiro atoms. The van der Waals surface area contributed by atoms with Crippen LogP contribution in [0.1, 0.15) is 5.56 Å². The zero-order chi connectivity index (χ0) is 6.97. The maximum absolute atomic E-state index is 2.40. The van der Waals surface area contributed by atoms with E-state index >= 15 is 0 Å². The molecule has 0 saturated heterocycles. The van der Waals surface area contributed by atoms with Crippen LogP contribution in [0.4, 0.5) is 0 Å². The summed E-state index contributed by atoms with van der Waals surface area (Å²) >= 11 is 0.695. The molecule has 0 bridgehead atoms. The summed E-state index contributed by atoms with van der Waals surface area (Å²) in [4.78, 5) is 0.